The maximum atomic E-state index is 12.8. The van der Waals surface area contributed by atoms with Crippen molar-refractivity contribution in [2.45, 2.75) is 0 Å². The van der Waals surface area contributed by atoms with Crippen LogP contribution in [0.4, 0.5) is 5.69 Å². The molecule has 146 valence electrons. The van der Waals surface area contributed by atoms with Crippen LogP contribution in [0.3, 0.4) is 0 Å². The van der Waals surface area contributed by atoms with E-state index >= 15 is 0 Å². The van der Waals surface area contributed by atoms with E-state index in [0.29, 0.717) is 38.3 Å². The van der Waals surface area contributed by atoms with Gasteiger partial charge in [-0.2, -0.15) is 0 Å². The minimum Gasteiger partial charge on any atom is -0.436 e. The first kappa shape index (κ1) is 18.7. The molecule has 1 aromatic heterocycles. The lowest BCUT2D eigenvalue weighted by Gasteiger charge is -2.09. The Labute approximate surface area is 182 Å². The van der Waals surface area contributed by atoms with Crippen molar-refractivity contribution < 1.29 is 9.21 Å². The minimum atomic E-state index is -0.202. The van der Waals surface area contributed by atoms with Crippen molar-refractivity contribution in [1.29, 1.82) is 0 Å². The smallest absolute Gasteiger partial charge is 0.256 e. The molecule has 4 aromatic carbocycles. The summed E-state index contributed by atoms with van der Waals surface area (Å²) in [5.74, 6) is 0.293. The van der Waals surface area contributed by atoms with Gasteiger partial charge >= 0.3 is 0 Å². The molecule has 0 unspecified atom stereocenters. The van der Waals surface area contributed by atoms with Gasteiger partial charge < -0.3 is 9.73 Å². The van der Waals surface area contributed by atoms with E-state index in [1.807, 2.05) is 54.6 Å². The molecule has 5 rings (SSSR count). The maximum Gasteiger partial charge on any atom is 0.256 e. The molecule has 0 aliphatic carbocycles. The Balaban J connectivity index is 1.41. The first-order chi connectivity index (χ1) is 14.6. The fourth-order valence-electron chi connectivity index (χ4n) is 3.39. The van der Waals surface area contributed by atoms with E-state index < -0.39 is 0 Å². The normalized spacial score (nSPS) is 11.1. The van der Waals surface area contributed by atoms with Crippen LogP contribution in [-0.4, -0.2) is 10.9 Å². The van der Waals surface area contributed by atoms with Gasteiger partial charge in [0.25, 0.3) is 5.91 Å². The van der Waals surface area contributed by atoms with Crippen LogP contribution in [-0.2, 0) is 0 Å². The number of hydrogen-bond donors (Lipinski definition) is 1. The van der Waals surface area contributed by atoms with Gasteiger partial charge in [-0.15, -0.1) is 0 Å². The number of nitrogens with one attached hydrogen (secondary N) is 1. The molecule has 30 heavy (non-hydrogen) atoms. The maximum absolute atomic E-state index is 12.8. The fraction of sp³-hybridized carbons (Fsp3) is 0. The number of carbonyl (C=O) groups is 1. The molecule has 0 saturated carbocycles. The van der Waals surface area contributed by atoms with Gasteiger partial charge in [0.1, 0.15) is 5.52 Å². The largest absolute Gasteiger partial charge is 0.436 e. The van der Waals surface area contributed by atoms with Crippen LogP contribution >= 0.6 is 23.2 Å². The number of oxazole rings is 1. The molecule has 0 aliphatic rings. The van der Waals surface area contributed by atoms with E-state index in [0.717, 1.165) is 16.3 Å². The molecular weight excluding hydrogens is 419 g/mol. The lowest BCUT2D eigenvalue weighted by molar-refractivity contribution is 0.102. The highest BCUT2D eigenvalue weighted by Crippen LogP contribution is 2.28. The zero-order valence-electron chi connectivity index (χ0n) is 15.5. The summed E-state index contributed by atoms with van der Waals surface area (Å²) >= 11 is 12.3. The average molecular weight is 433 g/mol. The van der Waals surface area contributed by atoms with E-state index in [2.05, 4.69) is 10.3 Å². The monoisotopic (exact) mass is 432 g/mol. The predicted molar refractivity (Wildman–Crippen MR) is 121 cm³/mol. The van der Waals surface area contributed by atoms with Crippen LogP contribution in [0.25, 0.3) is 33.3 Å². The number of carbonyl (C=O) groups excluding carboxylic acids is 1. The van der Waals surface area contributed by atoms with Gasteiger partial charge in [-0.1, -0.05) is 47.5 Å². The zero-order valence-corrected chi connectivity index (χ0v) is 17.0. The number of nitrogens with zero attached hydrogens (tertiary/aromatic N) is 1. The second kappa shape index (κ2) is 7.48. The number of benzene rings is 4. The van der Waals surface area contributed by atoms with Crippen molar-refractivity contribution in [3.05, 3.63) is 94.5 Å². The highest BCUT2D eigenvalue weighted by Gasteiger charge is 2.13. The van der Waals surface area contributed by atoms with E-state index in [1.54, 1.807) is 24.3 Å². The van der Waals surface area contributed by atoms with Gasteiger partial charge in [-0.3, -0.25) is 4.79 Å². The van der Waals surface area contributed by atoms with Crippen LogP contribution in [0.5, 0.6) is 0 Å². The summed E-state index contributed by atoms with van der Waals surface area (Å²) in [7, 11) is 0. The topological polar surface area (TPSA) is 55.1 Å². The predicted octanol–water partition coefficient (Wildman–Crippen LogP) is 7.21. The summed E-state index contributed by atoms with van der Waals surface area (Å²) < 4.78 is 5.79. The van der Waals surface area contributed by atoms with Gasteiger partial charge in [-0.25, -0.2) is 4.98 Å². The lowest BCUT2D eigenvalue weighted by atomic mass is 10.0. The first-order valence-corrected chi connectivity index (χ1v) is 9.99. The Morgan fingerprint density at radius 3 is 2.47 bits per heavy atom. The third-order valence-electron chi connectivity index (χ3n) is 4.85. The summed E-state index contributed by atoms with van der Waals surface area (Å²) in [6, 6.07) is 23.7. The Hall–Kier alpha value is -3.34. The Kier molecular flexibility index (Phi) is 4.66. The SMILES string of the molecule is O=C(Nc1ccc(-c2nc3cc(Cl)ccc3o2)cc1)c1cccc2c(Cl)cccc12. The Bertz CT molecular complexity index is 1410. The van der Waals surface area contributed by atoms with Crippen LogP contribution in [0.15, 0.2) is 83.3 Å². The molecule has 5 aromatic rings. The van der Waals surface area contributed by atoms with Crippen molar-refractivity contribution in [3.63, 3.8) is 0 Å². The van der Waals surface area contributed by atoms with E-state index in [9.17, 15) is 4.79 Å². The minimum absolute atomic E-state index is 0.202. The third kappa shape index (κ3) is 3.41. The average Bonchev–Trinajstić information content (AvgIpc) is 3.17. The van der Waals surface area contributed by atoms with Crippen LogP contribution in [0, 0.1) is 0 Å². The van der Waals surface area contributed by atoms with Crippen molar-refractivity contribution in [1.82, 2.24) is 4.98 Å². The van der Waals surface area contributed by atoms with Crippen LogP contribution in [0.1, 0.15) is 10.4 Å². The van der Waals surface area contributed by atoms with E-state index in [1.165, 1.54) is 0 Å². The number of anilines is 1. The highest BCUT2D eigenvalue weighted by atomic mass is 35.5. The second-order valence-corrected chi connectivity index (χ2v) is 7.65. The van der Waals surface area contributed by atoms with Gasteiger partial charge in [0.15, 0.2) is 5.58 Å². The zero-order chi connectivity index (χ0) is 20.7. The number of halogens is 2. The summed E-state index contributed by atoms with van der Waals surface area (Å²) in [5.41, 5.74) is 3.40. The molecular formula is C24H14Cl2N2O2. The molecule has 0 saturated heterocycles. The van der Waals surface area contributed by atoms with Crippen molar-refractivity contribution >= 4 is 56.7 Å². The number of amides is 1. The number of aromatic nitrogens is 1. The summed E-state index contributed by atoms with van der Waals surface area (Å²) in [6.45, 7) is 0. The van der Waals surface area contributed by atoms with Gasteiger partial charge in [0.05, 0.1) is 0 Å². The molecule has 0 aliphatic heterocycles. The standard InChI is InChI=1S/C24H14Cl2N2O2/c25-15-9-12-22-21(13-15)28-24(30-22)14-7-10-16(11-8-14)27-23(29)19-5-1-4-18-17(19)3-2-6-20(18)26/h1-13H,(H,27,29). The molecule has 1 heterocycles. The Morgan fingerprint density at radius 2 is 1.63 bits per heavy atom. The molecule has 0 bridgehead atoms. The molecule has 4 nitrogen and oxygen atoms in total. The van der Waals surface area contributed by atoms with Crippen LogP contribution < -0.4 is 5.32 Å². The highest BCUT2D eigenvalue weighted by molar-refractivity contribution is 6.36. The molecule has 0 atom stereocenters. The molecule has 0 fully saturated rings. The lowest BCUT2D eigenvalue weighted by Crippen LogP contribution is -2.12. The van der Waals surface area contributed by atoms with E-state index in [4.69, 9.17) is 27.6 Å². The van der Waals surface area contributed by atoms with E-state index in [-0.39, 0.29) is 5.91 Å². The quantitative estimate of drug-likeness (QED) is 0.327. The van der Waals surface area contributed by atoms with Gasteiger partial charge in [0, 0.05) is 32.2 Å². The fourth-order valence-corrected chi connectivity index (χ4v) is 3.79. The third-order valence-corrected chi connectivity index (χ3v) is 5.42. The first-order valence-electron chi connectivity index (χ1n) is 9.23. The Morgan fingerprint density at radius 1 is 0.867 bits per heavy atom. The summed E-state index contributed by atoms with van der Waals surface area (Å²) in [4.78, 5) is 17.3. The molecule has 6 heteroatoms. The second-order valence-electron chi connectivity index (χ2n) is 6.80. The van der Waals surface area contributed by atoms with Gasteiger partial charge in [-0.05, 0) is 60.0 Å². The number of hydrogen-bond acceptors (Lipinski definition) is 3. The van der Waals surface area contributed by atoms with Gasteiger partial charge in [0.2, 0.25) is 5.89 Å². The molecule has 1 amide bonds. The molecule has 1 N–H and O–H groups in total. The van der Waals surface area contributed by atoms with Crippen LogP contribution in [0.2, 0.25) is 10.0 Å². The van der Waals surface area contributed by atoms with Crippen molar-refractivity contribution in [2.24, 2.45) is 0 Å². The molecule has 0 spiro atoms. The number of fused-ring (bicyclic) bond motifs is 2. The summed E-state index contributed by atoms with van der Waals surface area (Å²) in [5, 5.41) is 5.81. The number of rotatable bonds is 3. The molecule has 0 radical (unpaired) electrons. The summed E-state index contributed by atoms with van der Waals surface area (Å²) in [6.07, 6.45) is 0. The van der Waals surface area contributed by atoms with Crippen molar-refractivity contribution in [3.8, 4) is 11.5 Å². The van der Waals surface area contributed by atoms with Crippen molar-refractivity contribution in [2.75, 3.05) is 5.32 Å².